The minimum atomic E-state index is -0.0312. The van der Waals surface area contributed by atoms with E-state index in [2.05, 4.69) is 11.0 Å². The molecule has 2 unspecified atom stereocenters. The lowest BCUT2D eigenvalue weighted by atomic mass is 9.97. The predicted molar refractivity (Wildman–Crippen MR) is 70.9 cm³/mol. The molecule has 2 aliphatic rings. The minimum Gasteiger partial charge on any atom is -0.329 e. The van der Waals surface area contributed by atoms with Crippen molar-refractivity contribution < 1.29 is 4.39 Å². The number of benzene rings is 1. The molecule has 2 nitrogen and oxygen atoms in total. The molecule has 3 heteroatoms. The molecule has 1 aliphatic carbocycles. The first-order valence-corrected chi connectivity index (χ1v) is 7.04. The maximum absolute atomic E-state index is 13.8. The van der Waals surface area contributed by atoms with Crippen LogP contribution in [0.2, 0.25) is 0 Å². The number of hydrogen-bond donors (Lipinski definition) is 1. The van der Waals surface area contributed by atoms with E-state index < -0.39 is 0 Å². The Balaban J connectivity index is 1.89. The van der Waals surface area contributed by atoms with Gasteiger partial charge < -0.3 is 5.73 Å². The first-order chi connectivity index (χ1) is 8.81. The van der Waals surface area contributed by atoms with Crippen molar-refractivity contribution in [2.24, 2.45) is 5.73 Å². The number of fused-ring (bicyclic) bond motifs is 1. The smallest absolute Gasteiger partial charge is 0.126 e. The van der Waals surface area contributed by atoms with Crippen LogP contribution >= 0.6 is 0 Å². The first kappa shape index (κ1) is 12.1. The molecule has 0 spiro atoms. The maximum Gasteiger partial charge on any atom is 0.126 e. The van der Waals surface area contributed by atoms with Crippen molar-refractivity contribution in [2.75, 3.05) is 13.1 Å². The molecule has 0 amide bonds. The van der Waals surface area contributed by atoms with Crippen molar-refractivity contribution in [3.63, 3.8) is 0 Å². The van der Waals surface area contributed by atoms with E-state index in [1.807, 2.05) is 6.07 Å². The van der Waals surface area contributed by atoms with Gasteiger partial charge >= 0.3 is 0 Å². The Hall–Kier alpha value is -0.930. The van der Waals surface area contributed by atoms with Crippen molar-refractivity contribution in [3.05, 3.63) is 35.1 Å². The number of nitrogens with two attached hydrogens (primary N) is 1. The average molecular weight is 248 g/mol. The second-order valence-corrected chi connectivity index (χ2v) is 5.49. The molecule has 18 heavy (non-hydrogen) atoms. The molecule has 2 atom stereocenters. The Kier molecular flexibility index (Phi) is 3.35. The lowest BCUT2D eigenvalue weighted by molar-refractivity contribution is 0.0990. The Labute approximate surface area is 108 Å². The number of halogens is 1. The SMILES string of the molecule is NCC1CCCCN1C1CCc2c(F)cccc21. The van der Waals surface area contributed by atoms with Crippen LogP contribution < -0.4 is 5.73 Å². The van der Waals surface area contributed by atoms with Gasteiger partial charge in [-0.3, -0.25) is 4.90 Å². The van der Waals surface area contributed by atoms with E-state index >= 15 is 0 Å². The molecular formula is C15H21FN2. The lowest BCUT2D eigenvalue weighted by Crippen LogP contribution is -2.45. The van der Waals surface area contributed by atoms with Gasteiger partial charge in [-0.05, 0) is 49.4 Å². The minimum absolute atomic E-state index is 0.0312. The molecular weight excluding hydrogens is 227 g/mol. The summed E-state index contributed by atoms with van der Waals surface area (Å²) < 4.78 is 13.8. The Morgan fingerprint density at radius 2 is 2.17 bits per heavy atom. The second-order valence-electron chi connectivity index (χ2n) is 5.49. The Morgan fingerprint density at radius 3 is 3.00 bits per heavy atom. The first-order valence-electron chi connectivity index (χ1n) is 7.04. The fraction of sp³-hybridized carbons (Fsp3) is 0.600. The normalized spacial score (nSPS) is 28.3. The summed E-state index contributed by atoms with van der Waals surface area (Å²) in [6.45, 7) is 1.84. The molecule has 0 aromatic heterocycles. The van der Waals surface area contributed by atoms with Gasteiger partial charge in [-0.15, -0.1) is 0 Å². The summed E-state index contributed by atoms with van der Waals surface area (Å²) in [7, 11) is 0. The van der Waals surface area contributed by atoms with Crippen LogP contribution in [0, 0.1) is 5.82 Å². The molecule has 1 saturated heterocycles. The van der Waals surface area contributed by atoms with Gasteiger partial charge in [-0.25, -0.2) is 4.39 Å². The fourth-order valence-electron chi connectivity index (χ4n) is 3.62. The van der Waals surface area contributed by atoms with E-state index in [4.69, 9.17) is 5.73 Å². The van der Waals surface area contributed by atoms with Crippen molar-refractivity contribution >= 4 is 0 Å². The van der Waals surface area contributed by atoms with Gasteiger partial charge in [0.15, 0.2) is 0 Å². The van der Waals surface area contributed by atoms with E-state index in [9.17, 15) is 4.39 Å². The second kappa shape index (κ2) is 4.98. The van der Waals surface area contributed by atoms with Crippen LogP contribution in [0.3, 0.4) is 0 Å². The summed E-state index contributed by atoms with van der Waals surface area (Å²) in [5.41, 5.74) is 8.03. The summed E-state index contributed by atoms with van der Waals surface area (Å²) in [5.74, 6) is -0.0312. The van der Waals surface area contributed by atoms with Gasteiger partial charge in [0, 0.05) is 18.6 Å². The van der Waals surface area contributed by atoms with Crippen molar-refractivity contribution in [1.82, 2.24) is 4.90 Å². The average Bonchev–Trinajstić information content (AvgIpc) is 2.84. The van der Waals surface area contributed by atoms with Gasteiger partial charge in [-0.1, -0.05) is 18.6 Å². The van der Waals surface area contributed by atoms with Crippen LogP contribution in [0.5, 0.6) is 0 Å². The number of hydrogen-bond acceptors (Lipinski definition) is 2. The van der Waals surface area contributed by atoms with Gasteiger partial charge in [0.25, 0.3) is 0 Å². The number of likely N-dealkylation sites (tertiary alicyclic amines) is 1. The molecule has 1 aromatic carbocycles. The highest BCUT2D eigenvalue weighted by Gasteiger charge is 2.34. The van der Waals surface area contributed by atoms with Crippen molar-refractivity contribution in [3.8, 4) is 0 Å². The van der Waals surface area contributed by atoms with Crippen molar-refractivity contribution in [1.29, 1.82) is 0 Å². The summed E-state index contributed by atoms with van der Waals surface area (Å²) in [6, 6.07) is 6.40. The highest BCUT2D eigenvalue weighted by molar-refractivity contribution is 5.35. The molecule has 98 valence electrons. The van der Waals surface area contributed by atoms with E-state index in [1.165, 1.54) is 24.8 Å². The summed E-state index contributed by atoms with van der Waals surface area (Å²) in [5, 5.41) is 0. The Morgan fingerprint density at radius 1 is 1.28 bits per heavy atom. The quantitative estimate of drug-likeness (QED) is 0.871. The lowest BCUT2D eigenvalue weighted by Gasteiger charge is -2.39. The largest absolute Gasteiger partial charge is 0.329 e. The fourth-order valence-corrected chi connectivity index (χ4v) is 3.62. The van der Waals surface area contributed by atoms with Gasteiger partial charge in [0.2, 0.25) is 0 Å². The predicted octanol–water partition coefficient (Wildman–Crippen LogP) is 2.63. The standard InChI is InChI=1S/C15H21FN2/c16-14-6-3-5-13-12(14)7-8-15(13)18-9-2-1-4-11(18)10-17/h3,5-6,11,15H,1-2,4,7-10,17H2. The van der Waals surface area contributed by atoms with Crippen LogP contribution in [-0.2, 0) is 6.42 Å². The van der Waals surface area contributed by atoms with Crippen LogP contribution in [-0.4, -0.2) is 24.0 Å². The Bertz CT molecular complexity index is 433. The third-order valence-corrected chi connectivity index (χ3v) is 4.53. The topological polar surface area (TPSA) is 29.3 Å². The van der Waals surface area contributed by atoms with Gasteiger partial charge in [0.05, 0.1) is 0 Å². The third-order valence-electron chi connectivity index (χ3n) is 4.53. The summed E-state index contributed by atoms with van der Waals surface area (Å²) in [6.07, 6.45) is 5.64. The molecule has 0 bridgehead atoms. The summed E-state index contributed by atoms with van der Waals surface area (Å²) >= 11 is 0. The number of nitrogens with zero attached hydrogens (tertiary/aromatic N) is 1. The van der Waals surface area contributed by atoms with Crippen LogP contribution in [0.1, 0.15) is 42.9 Å². The highest BCUT2D eigenvalue weighted by atomic mass is 19.1. The zero-order valence-electron chi connectivity index (χ0n) is 10.7. The molecule has 3 rings (SSSR count). The monoisotopic (exact) mass is 248 g/mol. The van der Waals surface area contributed by atoms with E-state index in [0.717, 1.165) is 31.5 Å². The zero-order chi connectivity index (χ0) is 12.5. The van der Waals surface area contributed by atoms with Gasteiger partial charge in [-0.2, -0.15) is 0 Å². The molecule has 0 saturated carbocycles. The highest BCUT2D eigenvalue weighted by Crippen LogP contribution is 2.39. The molecule has 1 fully saturated rings. The molecule has 1 heterocycles. The number of piperidine rings is 1. The molecule has 1 aliphatic heterocycles. The molecule has 2 N–H and O–H groups in total. The van der Waals surface area contributed by atoms with E-state index in [-0.39, 0.29) is 5.82 Å². The zero-order valence-corrected chi connectivity index (χ0v) is 10.7. The summed E-state index contributed by atoms with van der Waals surface area (Å²) in [4.78, 5) is 2.52. The van der Waals surface area contributed by atoms with Crippen molar-refractivity contribution in [2.45, 2.75) is 44.2 Å². The van der Waals surface area contributed by atoms with E-state index in [1.54, 1.807) is 6.07 Å². The maximum atomic E-state index is 13.8. The van der Waals surface area contributed by atoms with Gasteiger partial charge in [0.1, 0.15) is 5.82 Å². The van der Waals surface area contributed by atoms with E-state index in [0.29, 0.717) is 12.1 Å². The number of rotatable bonds is 2. The van der Waals surface area contributed by atoms with Crippen LogP contribution in [0.4, 0.5) is 4.39 Å². The van der Waals surface area contributed by atoms with Crippen LogP contribution in [0.15, 0.2) is 18.2 Å². The molecule has 0 radical (unpaired) electrons. The molecule has 1 aromatic rings. The van der Waals surface area contributed by atoms with Crippen LogP contribution in [0.25, 0.3) is 0 Å². The third kappa shape index (κ3) is 1.95.